The van der Waals surface area contributed by atoms with E-state index in [-0.39, 0.29) is 0 Å². The van der Waals surface area contributed by atoms with Gasteiger partial charge in [-0.3, -0.25) is 4.57 Å². The maximum Gasteiger partial charge on any atom is 0.319 e. The molecule has 8 heteroatoms. The van der Waals surface area contributed by atoms with Crippen molar-refractivity contribution in [2.24, 2.45) is 11.5 Å². The summed E-state index contributed by atoms with van der Waals surface area (Å²) in [4.78, 5) is 0. The lowest BCUT2D eigenvalue weighted by Gasteiger charge is -2.39. The van der Waals surface area contributed by atoms with Gasteiger partial charge in [-0.25, -0.2) is 0 Å². The second kappa shape index (κ2) is 12.0. The number of hydrogen-bond acceptors (Lipinski definition) is 5. The van der Waals surface area contributed by atoms with Gasteiger partial charge in [-0.1, -0.05) is 75.2 Å². The topological polar surface area (TPSA) is 87.6 Å². The molecular formula is C24H35Cl2N2O3P. The zero-order chi connectivity index (χ0) is 23.9. The Morgan fingerprint density at radius 3 is 1.31 bits per heavy atom. The fourth-order valence-corrected chi connectivity index (χ4v) is 5.65. The highest BCUT2D eigenvalue weighted by Gasteiger charge is 2.39. The molecular weight excluding hydrogens is 466 g/mol. The Kier molecular flexibility index (Phi) is 10.2. The summed E-state index contributed by atoms with van der Waals surface area (Å²) in [6, 6.07) is 14.7. The van der Waals surface area contributed by atoms with Crippen LogP contribution in [0.15, 0.2) is 48.5 Å². The molecule has 4 atom stereocenters. The monoisotopic (exact) mass is 500 g/mol. The molecule has 0 aliphatic heterocycles. The van der Waals surface area contributed by atoms with Crippen molar-refractivity contribution in [3.63, 3.8) is 0 Å². The SMILES string of the molecule is CCC(O[PH](=O)OC(CC)C(N)(CC)c1ccc(Cl)cc1)C(N)(CC)c1ccc(Cl)cc1. The molecule has 0 aliphatic carbocycles. The molecule has 0 spiro atoms. The lowest BCUT2D eigenvalue weighted by atomic mass is 9.82. The van der Waals surface area contributed by atoms with Gasteiger partial charge in [-0.15, -0.1) is 0 Å². The highest BCUT2D eigenvalue weighted by molar-refractivity contribution is 7.33. The van der Waals surface area contributed by atoms with Crippen LogP contribution in [0.3, 0.4) is 0 Å². The van der Waals surface area contributed by atoms with E-state index in [9.17, 15) is 4.57 Å². The van der Waals surface area contributed by atoms with Gasteiger partial charge in [0, 0.05) is 10.0 Å². The number of rotatable bonds is 12. The second-order valence-electron chi connectivity index (χ2n) is 8.08. The maximum atomic E-state index is 13.1. The molecule has 178 valence electrons. The molecule has 0 aliphatic rings. The van der Waals surface area contributed by atoms with Crippen molar-refractivity contribution >= 4 is 31.5 Å². The summed E-state index contributed by atoms with van der Waals surface area (Å²) >= 11 is 12.1. The minimum atomic E-state index is -2.89. The first-order chi connectivity index (χ1) is 15.1. The predicted molar refractivity (Wildman–Crippen MR) is 135 cm³/mol. The van der Waals surface area contributed by atoms with Crippen molar-refractivity contribution in [3.05, 3.63) is 69.7 Å². The molecule has 0 saturated heterocycles. The van der Waals surface area contributed by atoms with E-state index in [0.717, 1.165) is 11.1 Å². The molecule has 4 N–H and O–H groups in total. The molecule has 0 saturated carbocycles. The van der Waals surface area contributed by atoms with Crippen LogP contribution in [-0.2, 0) is 24.7 Å². The molecule has 0 radical (unpaired) electrons. The number of benzene rings is 2. The fraction of sp³-hybridized carbons (Fsp3) is 0.500. The first-order valence-electron chi connectivity index (χ1n) is 11.1. The molecule has 0 aromatic heterocycles. The van der Waals surface area contributed by atoms with E-state index in [1.165, 1.54) is 0 Å². The number of halogens is 2. The van der Waals surface area contributed by atoms with E-state index in [0.29, 0.717) is 35.7 Å². The molecule has 0 bridgehead atoms. The van der Waals surface area contributed by atoms with Crippen LogP contribution in [0.25, 0.3) is 0 Å². The summed E-state index contributed by atoms with van der Waals surface area (Å²) in [6.07, 6.45) is 1.34. The van der Waals surface area contributed by atoms with Crippen molar-refractivity contribution in [2.45, 2.75) is 76.7 Å². The van der Waals surface area contributed by atoms with Crippen LogP contribution in [0.5, 0.6) is 0 Å². The lowest BCUT2D eigenvalue weighted by Crippen LogP contribution is -2.49. The summed E-state index contributed by atoms with van der Waals surface area (Å²) in [5, 5.41) is 1.26. The zero-order valence-corrected chi connectivity index (χ0v) is 21.7. The highest BCUT2D eigenvalue weighted by Crippen LogP contribution is 2.42. The average molecular weight is 501 g/mol. The van der Waals surface area contributed by atoms with Crippen molar-refractivity contribution in [2.75, 3.05) is 0 Å². The van der Waals surface area contributed by atoms with E-state index in [1.807, 2.05) is 52.0 Å². The molecule has 0 fully saturated rings. The summed E-state index contributed by atoms with van der Waals surface area (Å²) in [5.74, 6) is 0. The fourth-order valence-electron chi connectivity index (χ4n) is 4.12. The summed E-state index contributed by atoms with van der Waals surface area (Å²) in [6.45, 7) is 7.88. The van der Waals surface area contributed by atoms with Gasteiger partial charge in [0.1, 0.15) is 0 Å². The zero-order valence-electron chi connectivity index (χ0n) is 19.2. The summed E-state index contributed by atoms with van der Waals surface area (Å²) in [5.41, 5.74) is 13.6. The molecule has 0 heterocycles. The smallest absolute Gasteiger partial charge is 0.319 e. The summed E-state index contributed by atoms with van der Waals surface area (Å²) in [7, 11) is -2.89. The van der Waals surface area contributed by atoms with E-state index in [2.05, 4.69) is 0 Å². The minimum absolute atomic E-state index is 0.498. The van der Waals surface area contributed by atoms with Gasteiger partial charge in [-0.05, 0) is 61.1 Å². The first kappa shape index (κ1) is 27.3. The van der Waals surface area contributed by atoms with Crippen LogP contribution in [-0.4, -0.2) is 12.2 Å². The van der Waals surface area contributed by atoms with Crippen LogP contribution in [0.2, 0.25) is 10.0 Å². The Morgan fingerprint density at radius 2 is 1.06 bits per heavy atom. The van der Waals surface area contributed by atoms with Gasteiger partial charge in [0.2, 0.25) is 0 Å². The molecule has 2 aromatic rings. The van der Waals surface area contributed by atoms with Crippen molar-refractivity contribution in [3.8, 4) is 0 Å². The molecule has 32 heavy (non-hydrogen) atoms. The van der Waals surface area contributed by atoms with E-state index in [1.54, 1.807) is 24.3 Å². The van der Waals surface area contributed by atoms with E-state index < -0.39 is 31.5 Å². The minimum Gasteiger partial charge on any atom is -0.319 e. The van der Waals surface area contributed by atoms with Gasteiger partial charge >= 0.3 is 8.25 Å². The Labute approximate surface area is 202 Å². The molecule has 2 aromatic carbocycles. The van der Waals surface area contributed by atoms with Crippen LogP contribution in [0.1, 0.15) is 64.5 Å². The maximum absolute atomic E-state index is 13.1. The Balaban J connectivity index is 2.22. The largest absolute Gasteiger partial charge is 0.319 e. The molecule has 2 rings (SSSR count). The first-order valence-corrected chi connectivity index (χ1v) is 13.1. The Morgan fingerprint density at radius 1 is 0.750 bits per heavy atom. The summed E-state index contributed by atoms with van der Waals surface area (Å²) < 4.78 is 25.0. The third-order valence-electron chi connectivity index (χ3n) is 6.30. The standard InChI is InChI=1S/C24H35Cl2N2O3P/c1-5-21(23(27,7-3)17-9-13-19(25)14-10-17)30-32(29)31-22(6-2)24(28,8-4)18-11-15-20(26)16-12-18/h9-16,21-22,32H,5-8,27-28H2,1-4H3. The van der Waals surface area contributed by atoms with Crippen molar-refractivity contribution in [1.82, 2.24) is 0 Å². The highest BCUT2D eigenvalue weighted by atomic mass is 35.5. The lowest BCUT2D eigenvalue weighted by molar-refractivity contribution is 0.0466. The van der Waals surface area contributed by atoms with Gasteiger partial charge in [-0.2, -0.15) is 0 Å². The van der Waals surface area contributed by atoms with Crippen molar-refractivity contribution < 1.29 is 13.6 Å². The Bertz CT molecular complexity index is 810. The van der Waals surface area contributed by atoms with Crippen LogP contribution in [0.4, 0.5) is 0 Å². The quantitative estimate of drug-likeness (QED) is 0.312. The van der Waals surface area contributed by atoms with Gasteiger partial charge in [0.25, 0.3) is 0 Å². The van der Waals surface area contributed by atoms with Gasteiger partial charge < -0.3 is 20.5 Å². The van der Waals surface area contributed by atoms with Gasteiger partial charge in [0.05, 0.1) is 23.3 Å². The molecule has 5 nitrogen and oxygen atoms in total. The van der Waals surface area contributed by atoms with Crippen LogP contribution < -0.4 is 11.5 Å². The second-order valence-corrected chi connectivity index (χ2v) is 9.93. The molecule has 0 amide bonds. The van der Waals surface area contributed by atoms with E-state index >= 15 is 0 Å². The van der Waals surface area contributed by atoms with E-state index in [4.69, 9.17) is 43.7 Å². The Hall–Kier alpha value is -0.910. The third kappa shape index (κ3) is 6.15. The number of hydrogen-bond donors (Lipinski definition) is 2. The van der Waals surface area contributed by atoms with Gasteiger partial charge in [0.15, 0.2) is 0 Å². The third-order valence-corrected chi connectivity index (χ3v) is 7.76. The van der Waals surface area contributed by atoms with Crippen LogP contribution in [0, 0.1) is 0 Å². The molecule has 4 unspecified atom stereocenters. The predicted octanol–water partition coefficient (Wildman–Crippen LogP) is 6.80. The average Bonchev–Trinajstić information content (AvgIpc) is 2.80. The number of nitrogens with two attached hydrogens (primary N) is 2. The van der Waals surface area contributed by atoms with Crippen molar-refractivity contribution in [1.29, 1.82) is 0 Å². The van der Waals surface area contributed by atoms with Crippen LogP contribution >= 0.6 is 31.5 Å². The normalized spacial score (nSPS) is 18.4.